The van der Waals surface area contributed by atoms with Crippen LogP contribution in [0, 0.1) is 16.7 Å². The molecule has 2 atom stereocenters. The lowest BCUT2D eigenvalue weighted by Gasteiger charge is -2.34. The molecule has 0 saturated heterocycles. The van der Waals surface area contributed by atoms with Gasteiger partial charge in [0.2, 0.25) is 0 Å². The van der Waals surface area contributed by atoms with Crippen molar-refractivity contribution in [2.75, 3.05) is 0 Å². The van der Waals surface area contributed by atoms with Gasteiger partial charge in [0.1, 0.15) is 11.2 Å². The summed E-state index contributed by atoms with van der Waals surface area (Å²) in [6.07, 6.45) is 9.59. The number of fused-ring (bicyclic) bond motifs is 2. The summed E-state index contributed by atoms with van der Waals surface area (Å²) in [5.74, 6) is 0.809. The third-order valence-electron chi connectivity index (χ3n) is 5.44. The largest absolute Gasteiger partial charge is 0.430 e. The average Bonchev–Trinajstić information content (AvgIpc) is 2.74. The number of ketones is 1. The summed E-state index contributed by atoms with van der Waals surface area (Å²) in [6.45, 7) is 4.10. The number of carbonyl (C=O) groups is 2. The Kier molecular flexibility index (Phi) is 2.70. The van der Waals surface area contributed by atoms with E-state index in [2.05, 4.69) is 0 Å². The molecule has 3 rings (SSSR count). The Morgan fingerprint density at radius 1 is 1.42 bits per heavy atom. The molecule has 3 nitrogen and oxygen atoms in total. The van der Waals surface area contributed by atoms with E-state index in [1.807, 2.05) is 32.1 Å². The number of hydrogen-bond acceptors (Lipinski definition) is 3. The lowest BCUT2D eigenvalue weighted by Crippen LogP contribution is -2.44. The van der Waals surface area contributed by atoms with Gasteiger partial charge in [0.25, 0.3) is 0 Å². The van der Waals surface area contributed by atoms with E-state index in [1.165, 1.54) is 0 Å². The molecule has 2 fully saturated rings. The molecule has 3 heteroatoms. The van der Waals surface area contributed by atoms with Crippen molar-refractivity contribution >= 4 is 11.8 Å². The molecule has 0 heterocycles. The van der Waals surface area contributed by atoms with Crippen LogP contribution < -0.4 is 0 Å². The normalized spacial score (nSPS) is 35.4. The molecular formula is C16H20O3. The van der Waals surface area contributed by atoms with Crippen molar-refractivity contribution in [3.63, 3.8) is 0 Å². The minimum atomic E-state index is -0.889. The maximum Gasteiger partial charge on any atom is 0.325 e. The van der Waals surface area contributed by atoms with Crippen molar-refractivity contribution in [1.82, 2.24) is 0 Å². The predicted molar refractivity (Wildman–Crippen MR) is 71.1 cm³/mol. The van der Waals surface area contributed by atoms with Crippen LogP contribution in [0.3, 0.4) is 0 Å². The second-order valence-corrected chi connectivity index (χ2v) is 6.48. The van der Waals surface area contributed by atoms with Gasteiger partial charge in [0.15, 0.2) is 5.78 Å². The Morgan fingerprint density at radius 3 is 2.74 bits per heavy atom. The van der Waals surface area contributed by atoms with Crippen LogP contribution in [0.25, 0.3) is 0 Å². The molecule has 0 aromatic rings. The van der Waals surface area contributed by atoms with Crippen molar-refractivity contribution in [2.45, 2.75) is 46.0 Å². The van der Waals surface area contributed by atoms with Crippen LogP contribution in [0.1, 0.15) is 46.0 Å². The van der Waals surface area contributed by atoms with Gasteiger partial charge in [-0.05, 0) is 36.7 Å². The van der Waals surface area contributed by atoms with Gasteiger partial charge in [-0.3, -0.25) is 9.59 Å². The minimum absolute atomic E-state index is 0.0886. The summed E-state index contributed by atoms with van der Waals surface area (Å²) in [5.41, 5.74) is -1.15. The van der Waals surface area contributed by atoms with Gasteiger partial charge in [0, 0.05) is 12.8 Å². The summed E-state index contributed by atoms with van der Waals surface area (Å²) < 4.78 is 5.55. The van der Waals surface area contributed by atoms with E-state index < -0.39 is 5.41 Å². The first-order valence-electron chi connectivity index (χ1n) is 7.10. The maximum atomic E-state index is 12.6. The van der Waals surface area contributed by atoms with Crippen molar-refractivity contribution in [2.24, 2.45) is 16.7 Å². The van der Waals surface area contributed by atoms with Gasteiger partial charge < -0.3 is 4.74 Å². The molecule has 0 aromatic heterocycles. The molecular weight excluding hydrogens is 240 g/mol. The highest BCUT2D eigenvalue weighted by molar-refractivity contribution is 6.07. The lowest BCUT2D eigenvalue weighted by atomic mass is 9.69. The van der Waals surface area contributed by atoms with Crippen LogP contribution in [0.4, 0.5) is 0 Å². The van der Waals surface area contributed by atoms with E-state index in [9.17, 15) is 9.59 Å². The van der Waals surface area contributed by atoms with Crippen molar-refractivity contribution < 1.29 is 14.3 Å². The number of allylic oxidation sites excluding steroid dienone is 4. The molecule has 102 valence electrons. The SMILES string of the molecule is CC1(C)[C@@H]2CC[C@@]1(C(=O)OC1=CC=CCC1)C(=O)C2. The highest BCUT2D eigenvalue weighted by Gasteiger charge is 2.69. The van der Waals surface area contributed by atoms with Crippen molar-refractivity contribution in [3.8, 4) is 0 Å². The molecule has 0 unspecified atom stereocenters. The Balaban J connectivity index is 1.88. The number of hydrogen-bond donors (Lipinski definition) is 0. The van der Waals surface area contributed by atoms with E-state index in [4.69, 9.17) is 4.74 Å². The molecule has 0 radical (unpaired) electrons. The number of rotatable bonds is 2. The fourth-order valence-electron chi connectivity index (χ4n) is 4.03. The third-order valence-corrected chi connectivity index (χ3v) is 5.44. The van der Waals surface area contributed by atoms with Gasteiger partial charge in [-0.1, -0.05) is 26.0 Å². The Labute approximate surface area is 113 Å². The highest BCUT2D eigenvalue weighted by Crippen LogP contribution is 2.64. The van der Waals surface area contributed by atoms with Crippen LogP contribution in [0.2, 0.25) is 0 Å². The van der Waals surface area contributed by atoms with Crippen LogP contribution in [0.5, 0.6) is 0 Å². The summed E-state index contributed by atoms with van der Waals surface area (Å²) in [4.78, 5) is 24.9. The van der Waals surface area contributed by atoms with Gasteiger partial charge in [-0.15, -0.1) is 0 Å². The van der Waals surface area contributed by atoms with Crippen molar-refractivity contribution in [1.29, 1.82) is 0 Å². The second kappa shape index (κ2) is 4.06. The van der Waals surface area contributed by atoms with E-state index >= 15 is 0 Å². The topological polar surface area (TPSA) is 43.4 Å². The molecule has 0 aliphatic heterocycles. The zero-order valence-electron chi connectivity index (χ0n) is 11.6. The maximum absolute atomic E-state index is 12.6. The van der Waals surface area contributed by atoms with E-state index in [1.54, 1.807) is 0 Å². The summed E-state index contributed by atoms with van der Waals surface area (Å²) in [7, 11) is 0. The second-order valence-electron chi connectivity index (χ2n) is 6.48. The van der Waals surface area contributed by atoms with Gasteiger partial charge in [-0.25, -0.2) is 0 Å². The van der Waals surface area contributed by atoms with Crippen LogP contribution in [0.15, 0.2) is 24.0 Å². The summed E-state index contributed by atoms with van der Waals surface area (Å²) in [6, 6.07) is 0. The van der Waals surface area contributed by atoms with E-state index in [-0.39, 0.29) is 17.2 Å². The van der Waals surface area contributed by atoms with E-state index in [0.717, 1.165) is 19.3 Å². The minimum Gasteiger partial charge on any atom is -0.430 e. The molecule has 2 saturated carbocycles. The van der Waals surface area contributed by atoms with Gasteiger partial charge >= 0.3 is 5.97 Å². The number of Topliss-reactive ketones (excluding diaryl/α,β-unsaturated/α-hetero) is 1. The smallest absolute Gasteiger partial charge is 0.325 e. The Hall–Kier alpha value is -1.38. The predicted octanol–water partition coefficient (Wildman–Crippen LogP) is 3.16. The third kappa shape index (κ3) is 1.57. The van der Waals surface area contributed by atoms with E-state index in [0.29, 0.717) is 24.5 Å². The zero-order chi connectivity index (χ0) is 13.7. The Morgan fingerprint density at radius 2 is 2.21 bits per heavy atom. The van der Waals surface area contributed by atoms with Crippen molar-refractivity contribution in [3.05, 3.63) is 24.0 Å². The first-order valence-corrected chi connectivity index (χ1v) is 7.10. The molecule has 3 aliphatic rings. The van der Waals surface area contributed by atoms with Crippen LogP contribution in [-0.2, 0) is 14.3 Å². The average molecular weight is 260 g/mol. The fourth-order valence-corrected chi connectivity index (χ4v) is 4.03. The Bertz CT molecular complexity index is 498. The first kappa shape index (κ1) is 12.6. The summed E-state index contributed by atoms with van der Waals surface area (Å²) >= 11 is 0. The van der Waals surface area contributed by atoms with Crippen LogP contribution >= 0.6 is 0 Å². The standard InChI is InChI=1S/C16H20O3/c1-15(2)11-8-9-16(15,13(17)10-11)14(18)19-12-6-4-3-5-7-12/h3-4,6,11H,5,7-10H2,1-2H3/t11-,16+/m1/s1. The first-order chi connectivity index (χ1) is 8.98. The molecule has 19 heavy (non-hydrogen) atoms. The van der Waals surface area contributed by atoms with Crippen LogP contribution in [-0.4, -0.2) is 11.8 Å². The highest BCUT2D eigenvalue weighted by atomic mass is 16.5. The molecule has 0 N–H and O–H groups in total. The molecule has 0 amide bonds. The fraction of sp³-hybridized carbons (Fsp3) is 0.625. The lowest BCUT2D eigenvalue weighted by molar-refractivity contribution is -0.160. The molecule has 3 aliphatic carbocycles. The molecule has 0 spiro atoms. The molecule has 0 aromatic carbocycles. The number of carbonyl (C=O) groups excluding carboxylic acids is 2. The number of ether oxygens (including phenoxy) is 1. The summed E-state index contributed by atoms with van der Waals surface area (Å²) in [5, 5.41) is 0. The zero-order valence-corrected chi connectivity index (χ0v) is 11.6. The van der Waals surface area contributed by atoms with Gasteiger partial charge in [0.05, 0.1) is 0 Å². The number of esters is 1. The monoisotopic (exact) mass is 260 g/mol. The van der Waals surface area contributed by atoms with Gasteiger partial charge in [-0.2, -0.15) is 0 Å². The molecule has 2 bridgehead atoms. The quantitative estimate of drug-likeness (QED) is 0.566.